The van der Waals surface area contributed by atoms with Gasteiger partial charge in [-0.05, 0) is 24.1 Å². The summed E-state index contributed by atoms with van der Waals surface area (Å²) in [6.45, 7) is 2.22. The number of amides is 1. The van der Waals surface area contributed by atoms with Crippen molar-refractivity contribution >= 4 is 11.6 Å². The summed E-state index contributed by atoms with van der Waals surface area (Å²) in [5, 5.41) is 8.99. The number of nitrogens with zero attached hydrogens (tertiary/aromatic N) is 2. The van der Waals surface area contributed by atoms with Crippen LogP contribution in [0.1, 0.15) is 12.0 Å². The Morgan fingerprint density at radius 1 is 1.24 bits per heavy atom. The number of aliphatic hydroxyl groups is 1. The van der Waals surface area contributed by atoms with Gasteiger partial charge in [0.2, 0.25) is 5.91 Å². The molecule has 0 atom stereocenters. The van der Waals surface area contributed by atoms with E-state index >= 15 is 0 Å². The zero-order chi connectivity index (χ0) is 12.3. The van der Waals surface area contributed by atoms with Gasteiger partial charge in [-0.15, -0.1) is 0 Å². The molecule has 0 radical (unpaired) electrons. The highest BCUT2D eigenvalue weighted by molar-refractivity contribution is 5.81. The van der Waals surface area contributed by atoms with Crippen molar-refractivity contribution in [2.75, 3.05) is 31.6 Å². The van der Waals surface area contributed by atoms with E-state index in [-0.39, 0.29) is 12.5 Å². The maximum Gasteiger partial charge on any atom is 0.241 e. The minimum atomic E-state index is 0.0575. The zero-order valence-corrected chi connectivity index (χ0v) is 10.1. The molecule has 1 aromatic rings. The van der Waals surface area contributed by atoms with Crippen molar-refractivity contribution in [3.8, 4) is 0 Å². The molecule has 0 saturated carbocycles. The summed E-state index contributed by atoms with van der Waals surface area (Å²) in [6, 6.07) is 7.72. The number of carbonyl (C=O) groups excluding carboxylic acids is 1. The van der Waals surface area contributed by atoms with Gasteiger partial charge in [0.1, 0.15) is 0 Å². The molecule has 1 heterocycles. The smallest absolute Gasteiger partial charge is 0.241 e. The van der Waals surface area contributed by atoms with E-state index in [1.54, 1.807) is 4.90 Å². The number of benzene rings is 1. The summed E-state index contributed by atoms with van der Waals surface area (Å²) in [5.41, 5.74) is 1.94. The molecule has 2 rings (SSSR count). The standard InChI is InChI=1S/C13H18N2O2/c1-14-7-2-8-15(9-13(14)17)12-5-3-11(10-16)4-6-12/h3-6,16H,2,7-10H2,1H3. The van der Waals surface area contributed by atoms with E-state index < -0.39 is 0 Å². The Morgan fingerprint density at radius 2 is 1.94 bits per heavy atom. The number of anilines is 1. The molecule has 0 aliphatic carbocycles. The van der Waals surface area contributed by atoms with Crippen LogP contribution in [0.25, 0.3) is 0 Å². The SMILES string of the molecule is CN1CCCN(c2ccc(CO)cc2)CC1=O. The van der Waals surface area contributed by atoms with Crippen LogP contribution in [0.4, 0.5) is 5.69 Å². The van der Waals surface area contributed by atoms with Gasteiger partial charge in [-0.2, -0.15) is 0 Å². The highest BCUT2D eigenvalue weighted by Gasteiger charge is 2.18. The monoisotopic (exact) mass is 234 g/mol. The Balaban J connectivity index is 2.12. The third-order valence-corrected chi connectivity index (χ3v) is 3.16. The van der Waals surface area contributed by atoms with Gasteiger partial charge in [0.15, 0.2) is 0 Å². The van der Waals surface area contributed by atoms with E-state index in [9.17, 15) is 4.79 Å². The van der Waals surface area contributed by atoms with Gasteiger partial charge >= 0.3 is 0 Å². The van der Waals surface area contributed by atoms with Gasteiger partial charge in [0, 0.05) is 25.8 Å². The lowest BCUT2D eigenvalue weighted by atomic mass is 10.2. The Bertz CT molecular complexity index is 389. The van der Waals surface area contributed by atoms with Gasteiger partial charge in [0.25, 0.3) is 0 Å². The molecule has 1 aliphatic heterocycles. The Labute approximate surface area is 101 Å². The maximum absolute atomic E-state index is 11.8. The van der Waals surface area contributed by atoms with Gasteiger partial charge in [-0.1, -0.05) is 12.1 Å². The lowest BCUT2D eigenvalue weighted by Gasteiger charge is -2.22. The topological polar surface area (TPSA) is 43.8 Å². The second-order valence-electron chi connectivity index (χ2n) is 4.41. The minimum absolute atomic E-state index is 0.0575. The second kappa shape index (κ2) is 5.19. The lowest BCUT2D eigenvalue weighted by Crippen LogP contribution is -2.34. The van der Waals surface area contributed by atoms with Crippen LogP contribution in [0, 0.1) is 0 Å². The van der Waals surface area contributed by atoms with Crippen LogP contribution >= 0.6 is 0 Å². The van der Waals surface area contributed by atoms with Crippen molar-refractivity contribution in [1.29, 1.82) is 0 Å². The second-order valence-corrected chi connectivity index (χ2v) is 4.41. The van der Waals surface area contributed by atoms with Crippen LogP contribution in [0.15, 0.2) is 24.3 Å². The highest BCUT2D eigenvalue weighted by atomic mass is 16.3. The first-order valence-corrected chi connectivity index (χ1v) is 5.89. The average molecular weight is 234 g/mol. The van der Waals surface area contributed by atoms with Crippen LogP contribution in [0.5, 0.6) is 0 Å². The molecule has 1 N–H and O–H groups in total. The molecule has 1 aliphatic rings. The number of likely N-dealkylation sites (N-methyl/N-ethyl adjacent to an activating group) is 1. The van der Waals surface area contributed by atoms with Crippen molar-refractivity contribution < 1.29 is 9.90 Å². The lowest BCUT2D eigenvalue weighted by molar-refractivity contribution is -0.127. The van der Waals surface area contributed by atoms with Crippen LogP contribution < -0.4 is 4.90 Å². The molecule has 1 amide bonds. The van der Waals surface area contributed by atoms with Crippen molar-refractivity contribution in [2.45, 2.75) is 13.0 Å². The average Bonchev–Trinajstić information content (AvgIpc) is 2.52. The number of hydrogen-bond acceptors (Lipinski definition) is 3. The van der Waals surface area contributed by atoms with E-state index in [0.29, 0.717) is 6.54 Å². The molecule has 0 spiro atoms. The van der Waals surface area contributed by atoms with E-state index in [4.69, 9.17) is 5.11 Å². The third-order valence-electron chi connectivity index (χ3n) is 3.16. The van der Waals surface area contributed by atoms with Crippen LogP contribution in [-0.2, 0) is 11.4 Å². The molecule has 4 heteroatoms. The molecule has 92 valence electrons. The summed E-state index contributed by atoms with van der Waals surface area (Å²) in [6.07, 6.45) is 0.990. The van der Waals surface area contributed by atoms with Gasteiger partial charge < -0.3 is 14.9 Å². The molecular formula is C13H18N2O2. The molecule has 1 aromatic carbocycles. The first-order valence-electron chi connectivity index (χ1n) is 5.89. The van der Waals surface area contributed by atoms with Crippen LogP contribution in [-0.4, -0.2) is 42.6 Å². The van der Waals surface area contributed by atoms with Crippen molar-refractivity contribution in [3.63, 3.8) is 0 Å². The van der Waals surface area contributed by atoms with Gasteiger partial charge in [-0.25, -0.2) is 0 Å². The van der Waals surface area contributed by atoms with Crippen molar-refractivity contribution in [1.82, 2.24) is 4.90 Å². The van der Waals surface area contributed by atoms with Gasteiger partial charge in [0.05, 0.1) is 13.2 Å². The fourth-order valence-electron chi connectivity index (χ4n) is 2.02. The summed E-state index contributed by atoms with van der Waals surface area (Å²) in [4.78, 5) is 15.6. The highest BCUT2D eigenvalue weighted by Crippen LogP contribution is 2.17. The van der Waals surface area contributed by atoms with Crippen LogP contribution in [0.2, 0.25) is 0 Å². The quantitative estimate of drug-likeness (QED) is 0.825. The van der Waals surface area contributed by atoms with Crippen molar-refractivity contribution in [2.24, 2.45) is 0 Å². The molecule has 4 nitrogen and oxygen atoms in total. The molecule has 1 fully saturated rings. The summed E-state index contributed by atoms with van der Waals surface area (Å²) in [7, 11) is 1.85. The molecule has 1 saturated heterocycles. The summed E-state index contributed by atoms with van der Waals surface area (Å²) < 4.78 is 0. The fourth-order valence-corrected chi connectivity index (χ4v) is 2.02. The van der Waals surface area contributed by atoms with E-state index in [1.807, 2.05) is 31.3 Å². The number of hydrogen-bond donors (Lipinski definition) is 1. The largest absolute Gasteiger partial charge is 0.392 e. The molecular weight excluding hydrogens is 216 g/mol. The normalized spacial score (nSPS) is 17.2. The first kappa shape index (κ1) is 11.9. The van der Waals surface area contributed by atoms with Crippen LogP contribution in [0.3, 0.4) is 0 Å². The van der Waals surface area contributed by atoms with E-state index in [1.165, 1.54) is 0 Å². The van der Waals surface area contributed by atoms with Crippen molar-refractivity contribution in [3.05, 3.63) is 29.8 Å². The fraction of sp³-hybridized carbons (Fsp3) is 0.462. The Hall–Kier alpha value is -1.55. The number of aliphatic hydroxyl groups excluding tert-OH is 1. The molecule has 0 bridgehead atoms. The predicted octanol–water partition coefficient (Wildman–Crippen LogP) is 0.847. The van der Waals surface area contributed by atoms with E-state index in [0.717, 1.165) is 30.8 Å². The molecule has 0 aromatic heterocycles. The Kier molecular flexibility index (Phi) is 3.64. The third kappa shape index (κ3) is 2.77. The summed E-state index contributed by atoms with van der Waals surface area (Å²) >= 11 is 0. The van der Waals surface area contributed by atoms with E-state index in [2.05, 4.69) is 4.90 Å². The maximum atomic E-state index is 11.8. The molecule has 0 unspecified atom stereocenters. The zero-order valence-electron chi connectivity index (χ0n) is 10.1. The van der Waals surface area contributed by atoms with Gasteiger partial charge in [-0.3, -0.25) is 4.79 Å². The predicted molar refractivity (Wildman–Crippen MR) is 66.8 cm³/mol. The molecule has 17 heavy (non-hydrogen) atoms. The minimum Gasteiger partial charge on any atom is -0.392 e. The Morgan fingerprint density at radius 3 is 2.59 bits per heavy atom. The number of carbonyl (C=O) groups is 1. The number of rotatable bonds is 2. The first-order chi connectivity index (χ1) is 8.20. The summed E-state index contributed by atoms with van der Waals surface area (Å²) in [5.74, 6) is 0.161.